The molecule has 0 radical (unpaired) electrons. The second-order valence-electron chi connectivity index (χ2n) is 2.34. The fourth-order valence-electron chi connectivity index (χ4n) is 0.975. The third kappa shape index (κ3) is 4.66. The van der Waals surface area contributed by atoms with E-state index < -0.39 is 16.6 Å². The largest absolute Gasteiger partial charge is 0.398 e. The lowest BCUT2D eigenvalue weighted by Gasteiger charge is -2.24. The Hall–Kier alpha value is -0.170. The van der Waals surface area contributed by atoms with Crippen molar-refractivity contribution in [3.05, 3.63) is 0 Å². The normalized spacial score (nSPS) is 15.1. The Balaban J connectivity index is 4.10. The summed E-state index contributed by atoms with van der Waals surface area (Å²) in [5.41, 5.74) is 0. The van der Waals surface area contributed by atoms with E-state index in [1.54, 1.807) is 11.8 Å². The van der Waals surface area contributed by atoms with Gasteiger partial charge in [-0.15, -0.1) is 0 Å². The Morgan fingerprint density at radius 3 is 2.08 bits per heavy atom. The molecule has 0 saturated heterocycles. The summed E-state index contributed by atoms with van der Waals surface area (Å²) < 4.78 is 33.3. The molecule has 0 aliphatic rings. The molecule has 0 aliphatic carbocycles. The number of hydrogen-bond donors (Lipinski definition) is 1. The molecule has 6 heteroatoms. The molecule has 0 bridgehead atoms. The van der Waals surface area contributed by atoms with Crippen LogP contribution in [0.2, 0.25) is 0 Å². The van der Waals surface area contributed by atoms with Crippen LogP contribution in [-0.4, -0.2) is 37.2 Å². The number of rotatable bonds is 5. The molecule has 0 rings (SSSR count). The average Bonchev–Trinajstić information content (AvgIpc) is 1.85. The van der Waals surface area contributed by atoms with Crippen LogP contribution in [0.25, 0.3) is 0 Å². The Labute approximate surface area is 73.3 Å². The third-order valence-electron chi connectivity index (χ3n) is 1.59. The highest BCUT2D eigenvalue weighted by Crippen LogP contribution is 2.02. The standard InChI is InChI=1S/C6H15NO4S/c1-4-7(5-2)6(3)11-12(8,9)10/h6H,4-5H2,1-3H3,(H,8,9,10). The van der Waals surface area contributed by atoms with Gasteiger partial charge in [-0.2, -0.15) is 8.42 Å². The molecular weight excluding hydrogens is 182 g/mol. The van der Waals surface area contributed by atoms with Gasteiger partial charge >= 0.3 is 10.4 Å². The van der Waals surface area contributed by atoms with Crippen LogP contribution in [-0.2, 0) is 14.6 Å². The molecule has 1 N–H and O–H groups in total. The highest BCUT2D eigenvalue weighted by atomic mass is 32.3. The van der Waals surface area contributed by atoms with E-state index in [2.05, 4.69) is 4.18 Å². The predicted octanol–water partition coefficient (Wildman–Crippen LogP) is 0.494. The van der Waals surface area contributed by atoms with Crippen molar-refractivity contribution in [1.29, 1.82) is 0 Å². The van der Waals surface area contributed by atoms with Gasteiger partial charge in [0, 0.05) is 0 Å². The van der Waals surface area contributed by atoms with Crippen molar-refractivity contribution in [2.75, 3.05) is 13.1 Å². The first-order chi connectivity index (χ1) is 5.40. The van der Waals surface area contributed by atoms with E-state index in [0.29, 0.717) is 13.1 Å². The van der Waals surface area contributed by atoms with Crippen LogP contribution in [0, 0.1) is 0 Å². The molecule has 0 aliphatic heterocycles. The zero-order valence-corrected chi connectivity index (χ0v) is 8.34. The van der Waals surface area contributed by atoms with Crippen molar-refractivity contribution in [3.8, 4) is 0 Å². The van der Waals surface area contributed by atoms with Crippen molar-refractivity contribution in [2.45, 2.75) is 27.0 Å². The molecule has 1 unspecified atom stereocenters. The van der Waals surface area contributed by atoms with Gasteiger partial charge in [-0.25, -0.2) is 4.18 Å². The fraction of sp³-hybridized carbons (Fsp3) is 1.00. The quantitative estimate of drug-likeness (QED) is 0.513. The van der Waals surface area contributed by atoms with Gasteiger partial charge in [-0.05, 0) is 20.0 Å². The lowest BCUT2D eigenvalue weighted by atomic mass is 10.5. The number of hydrogen-bond acceptors (Lipinski definition) is 4. The monoisotopic (exact) mass is 197 g/mol. The van der Waals surface area contributed by atoms with Crippen molar-refractivity contribution in [3.63, 3.8) is 0 Å². The SMILES string of the molecule is CCN(CC)C(C)OS(=O)(=O)O. The van der Waals surface area contributed by atoms with Crippen molar-refractivity contribution < 1.29 is 17.2 Å². The molecule has 1 atom stereocenters. The van der Waals surface area contributed by atoms with Crippen LogP contribution < -0.4 is 0 Å². The fourth-order valence-corrected chi connectivity index (χ4v) is 1.45. The second-order valence-corrected chi connectivity index (χ2v) is 3.39. The molecule has 0 heterocycles. The van der Waals surface area contributed by atoms with Crippen LogP contribution in [0.15, 0.2) is 0 Å². The van der Waals surface area contributed by atoms with Crippen LogP contribution in [0.1, 0.15) is 20.8 Å². The number of nitrogens with zero attached hydrogens (tertiary/aromatic N) is 1. The van der Waals surface area contributed by atoms with Gasteiger partial charge in [-0.3, -0.25) is 9.45 Å². The summed E-state index contributed by atoms with van der Waals surface area (Å²) in [7, 11) is -4.33. The van der Waals surface area contributed by atoms with E-state index >= 15 is 0 Å². The summed E-state index contributed by atoms with van der Waals surface area (Å²) in [5, 5.41) is 0. The van der Waals surface area contributed by atoms with Gasteiger partial charge in [-0.1, -0.05) is 13.8 Å². The van der Waals surface area contributed by atoms with Gasteiger partial charge in [0.05, 0.1) is 0 Å². The summed E-state index contributed by atoms with van der Waals surface area (Å²) in [6.45, 7) is 6.68. The smallest absolute Gasteiger partial charge is 0.278 e. The molecule has 0 fully saturated rings. The minimum absolute atomic E-state index is 0.616. The Morgan fingerprint density at radius 1 is 1.42 bits per heavy atom. The van der Waals surface area contributed by atoms with Crippen LogP contribution in [0.3, 0.4) is 0 Å². The van der Waals surface area contributed by atoms with Gasteiger partial charge in [0.2, 0.25) is 0 Å². The van der Waals surface area contributed by atoms with Crippen LogP contribution >= 0.6 is 0 Å². The van der Waals surface area contributed by atoms with Crippen molar-refractivity contribution in [1.82, 2.24) is 4.90 Å². The van der Waals surface area contributed by atoms with Crippen molar-refractivity contribution >= 4 is 10.4 Å². The lowest BCUT2D eigenvalue weighted by Crippen LogP contribution is -2.36. The molecule has 0 spiro atoms. The van der Waals surface area contributed by atoms with Crippen LogP contribution in [0.4, 0.5) is 0 Å². The van der Waals surface area contributed by atoms with Gasteiger partial charge in [0.1, 0.15) is 6.23 Å². The summed E-state index contributed by atoms with van der Waals surface area (Å²) in [4.78, 5) is 1.76. The first-order valence-corrected chi connectivity index (χ1v) is 5.17. The van der Waals surface area contributed by atoms with Gasteiger partial charge in [0.25, 0.3) is 0 Å². The molecule has 0 aromatic rings. The predicted molar refractivity (Wildman–Crippen MR) is 45.0 cm³/mol. The van der Waals surface area contributed by atoms with E-state index in [4.69, 9.17) is 4.55 Å². The second kappa shape index (κ2) is 4.76. The van der Waals surface area contributed by atoms with Crippen LogP contribution in [0.5, 0.6) is 0 Å². The third-order valence-corrected chi connectivity index (χ3v) is 2.11. The minimum Gasteiger partial charge on any atom is -0.278 e. The van der Waals surface area contributed by atoms with Gasteiger partial charge in [0.15, 0.2) is 0 Å². The summed E-state index contributed by atoms with van der Waals surface area (Å²) in [6.07, 6.45) is -0.616. The summed E-state index contributed by atoms with van der Waals surface area (Å²) in [6, 6.07) is 0. The molecule has 0 amide bonds. The van der Waals surface area contributed by atoms with E-state index in [-0.39, 0.29) is 0 Å². The Kier molecular flexibility index (Phi) is 4.69. The zero-order valence-electron chi connectivity index (χ0n) is 7.52. The van der Waals surface area contributed by atoms with Crippen molar-refractivity contribution in [2.24, 2.45) is 0 Å². The molecule has 5 nitrogen and oxygen atoms in total. The first-order valence-electron chi connectivity index (χ1n) is 3.80. The van der Waals surface area contributed by atoms with E-state index in [1.807, 2.05) is 13.8 Å². The molecule has 0 aromatic carbocycles. The maximum atomic E-state index is 10.3. The minimum atomic E-state index is -4.33. The lowest BCUT2D eigenvalue weighted by molar-refractivity contribution is 0.0437. The highest BCUT2D eigenvalue weighted by molar-refractivity contribution is 7.80. The molecule has 0 saturated carbocycles. The molecule has 74 valence electrons. The molecule has 12 heavy (non-hydrogen) atoms. The average molecular weight is 197 g/mol. The Morgan fingerprint density at radius 2 is 1.83 bits per heavy atom. The van der Waals surface area contributed by atoms with E-state index in [0.717, 1.165) is 0 Å². The zero-order chi connectivity index (χ0) is 9.78. The first kappa shape index (κ1) is 11.8. The summed E-state index contributed by atoms with van der Waals surface area (Å²) >= 11 is 0. The Bertz CT molecular complexity index is 210. The van der Waals surface area contributed by atoms with Gasteiger partial charge < -0.3 is 0 Å². The molecule has 0 aromatic heterocycles. The highest BCUT2D eigenvalue weighted by Gasteiger charge is 2.16. The topological polar surface area (TPSA) is 66.8 Å². The van der Waals surface area contributed by atoms with E-state index in [9.17, 15) is 8.42 Å². The van der Waals surface area contributed by atoms with E-state index in [1.165, 1.54) is 0 Å². The summed E-state index contributed by atoms with van der Waals surface area (Å²) in [5.74, 6) is 0. The maximum absolute atomic E-state index is 10.3. The maximum Gasteiger partial charge on any atom is 0.398 e. The molecular formula is C6H15NO4S.